The van der Waals surface area contributed by atoms with E-state index in [0.717, 1.165) is 18.2 Å². The molecule has 0 unspecified atom stereocenters. The van der Waals surface area contributed by atoms with Crippen molar-refractivity contribution in [2.75, 3.05) is 11.9 Å². The molecule has 2 aromatic heterocycles. The molecule has 140 valence electrons. The van der Waals surface area contributed by atoms with E-state index in [-0.39, 0.29) is 12.5 Å². The molecule has 0 bridgehead atoms. The summed E-state index contributed by atoms with van der Waals surface area (Å²) in [6, 6.07) is 4.96. The molecule has 3 aromatic rings. The molecule has 0 fully saturated rings. The quantitative estimate of drug-likeness (QED) is 0.695. The van der Waals surface area contributed by atoms with Crippen LogP contribution in [0.1, 0.15) is 11.3 Å². The summed E-state index contributed by atoms with van der Waals surface area (Å²) in [7, 11) is 1.61. The van der Waals surface area contributed by atoms with E-state index in [1.165, 1.54) is 11.0 Å². The van der Waals surface area contributed by atoms with E-state index in [0.29, 0.717) is 22.8 Å². The first-order valence-corrected chi connectivity index (χ1v) is 7.93. The minimum Gasteiger partial charge on any atom is -0.347 e. The summed E-state index contributed by atoms with van der Waals surface area (Å²) < 4.78 is 40.7. The van der Waals surface area contributed by atoms with Crippen LogP contribution >= 0.6 is 0 Å². The van der Waals surface area contributed by atoms with Gasteiger partial charge in [0.2, 0.25) is 5.91 Å². The third kappa shape index (κ3) is 3.91. The van der Waals surface area contributed by atoms with Gasteiger partial charge in [-0.1, -0.05) is 12.6 Å². The number of benzene rings is 1. The standard InChI is InChI=1S/C18H16F3N5O/c1-3-15(27)23-10-13-11-26-8-7-22-16(26)17(24-13)25(2)14-6-4-5-12(9-14)18(19,20)21/h3-9,11H,1,10H2,2H3,(H,23,27). The molecule has 1 N–H and O–H groups in total. The topological polar surface area (TPSA) is 62.5 Å². The lowest BCUT2D eigenvalue weighted by molar-refractivity contribution is -0.137. The maximum atomic E-state index is 13.0. The van der Waals surface area contributed by atoms with E-state index in [9.17, 15) is 18.0 Å². The molecule has 0 saturated carbocycles. The first-order valence-electron chi connectivity index (χ1n) is 7.93. The van der Waals surface area contributed by atoms with Crippen molar-refractivity contribution in [1.82, 2.24) is 19.7 Å². The summed E-state index contributed by atoms with van der Waals surface area (Å²) in [5, 5.41) is 2.62. The first kappa shape index (κ1) is 18.4. The Hall–Kier alpha value is -3.36. The Bertz CT molecular complexity index is 996. The van der Waals surface area contributed by atoms with E-state index in [4.69, 9.17) is 0 Å². The fourth-order valence-electron chi connectivity index (χ4n) is 2.54. The molecule has 9 heteroatoms. The van der Waals surface area contributed by atoms with Gasteiger partial charge in [-0.25, -0.2) is 9.97 Å². The molecule has 0 spiro atoms. The molecule has 0 aliphatic heterocycles. The van der Waals surface area contributed by atoms with Crippen molar-refractivity contribution in [2.24, 2.45) is 0 Å². The number of carbonyl (C=O) groups excluding carboxylic acids is 1. The number of imidazole rings is 1. The van der Waals surface area contributed by atoms with Gasteiger partial charge in [0, 0.05) is 31.3 Å². The van der Waals surface area contributed by atoms with E-state index in [1.54, 1.807) is 36.1 Å². The van der Waals surface area contributed by atoms with Crippen LogP contribution in [0.25, 0.3) is 5.65 Å². The molecule has 6 nitrogen and oxygen atoms in total. The van der Waals surface area contributed by atoms with Gasteiger partial charge >= 0.3 is 6.18 Å². The molecule has 0 atom stereocenters. The highest BCUT2D eigenvalue weighted by Crippen LogP contribution is 2.33. The predicted octanol–water partition coefficient (Wildman–Crippen LogP) is 3.32. The fourth-order valence-corrected chi connectivity index (χ4v) is 2.54. The minimum atomic E-state index is -4.44. The van der Waals surface area contributed by atoms with E-state index in [2.05, 4.69) is 21.9 Å². The van der Waals surface area contributed by atoms with Crippen molar-refractivity contribution < 1.29 is 18.0 Å². The smallest absolute Gasteiger partial charge is 0.347 e. The monoisotopic (exact) mass is 375 g/mol. The number of carbonyl (C=O) groups is 1. The molecule has 0 aliphatic rings. The molecular formula is C18H16F3N5O. The zero-order valence-corrected chi connectivity index (χ0v) is 14.4. The van der Waals surface area contributed by atoms with Crippen molar-refractivity contribution in [3.63, 3.8) is 0 Å². The third-order valence-electron chi connectivity index (χ3n) is 3.91. The number of nitrogens with zero attached hydrogens (tertiary/aromatic N) is 4. The summed E-state index contributed by atoms with van der Waals surface area (Å²) in [6.45, 7) is 3.52. The lowest BCUT2D eigenvalue weighted by atomic mass is 10.2. The average molecular weight is 375 g/mol. The van der Waals surface area contributed by atoms with Crippen molar-refractivity contribution >= 4 is 23.1 Å². The van der Waals surface area contributed by atoms with Crippen molar-refractivity contribution in [3.05, 3.63) is 66.8 Å². The van der Waals surface area contributed by atoms with Gasteiger partial charge < -0.3 is 14.6 Å². The first-order chi connectivity index (χ1) is 12.8. The van der Waals surface area contributed by atoms with E-state index < -0.39 is 11.7 Å². The van der Waals surface area contributed by atoms with Crippen LogP contribution in [0.2, 0.25) is 0 Å². The highest BCUT2D eigenvalue weighted by molar-refractivity contribution is 5.86. The number of amides is 1. The molecular weight excluding hydrogens is 359 g/mol. The number of rotatable bonds is 5. The summed E-state index contributed by atoms with van der Waals surface area (Å²) in [6.07, 6.45) is 1.65. The van der Waals surface area contributed by atoms with Crippen LogP contribution in [0.15, 0.2) is 55.5 Å². The molecule has 27 heavy (non-hydrogen) atoms. The number of nitrogens with one attached hydrogen (secondary N) is 1. The molecule has 0 aliphatic carbocycles. The van der Waals surface area contributed by atoms with Crippen LogP contribution in [0.3, 0.4) is 0 Å². The zero-order chi connectivity index (χ0) is 19.6. The highest BCUT2D eigenvalue weighted by atomic mass is 19.4. The van der Waals surface area contributed by atoms with Crippen LogP contribution in [-0.2, 0) is 17.5 Å². The summed E-state index contributed by atoms with van der Waals surface area (Å²) in [5.41, 5.74) is 0.563. The van der Waals surface area contributed by atoms with Crippen LogP contribution in [0, 0.1) is 0 Å². The molecule has 3 rings (SSSR count). The lowest BCUT2D eigenvalue weighted by Gasteiger charge is -2.21. The Labute approximate surface area is 153 Å². The van der Waals surface area contributed by atoms with Crippen molar-refractivity contribution in [2.45, 2.75) is 12.7 Å². The molecule has 1 aromatic carbocycles. The van der Waals surface area contributed by atoms with Crippen molar-refractivity contribution in [1.29, 1.82) is 0 Å². The van der Waals surface area contributed by atoms with Gasteiger partial charge in [-0.15, -0.1) is 0 Å². The summed E-state index contributed by atoms with van der Waals surface area (Å²) in [5.74, 6) is 0.0139. The number of anilines is 2. The maximum Gasteiger partial charge on any atom is 0.416 e. The van der Waals surface area contributed by atoms with Gasteiger partial charge in [-0.3, -0.25) is 4.79 Å². The number of halogens is 3. The van der Waals surface area contributed by atoms with Gasteiger partial charge in [0.05, 0.1) is 17.8 Å². The molecule has 1 amide bonds. The number of alkyl halides is 3. The molecule has 2 heterocycles. The fraction of sp³-hybridized carbons (Fsp3) is 0.167. The normalized spacial score (nSPS) is 11.4. The Kier molecular flexibility index (Phi) is 4.85. The number of hydrogen-bond acceptors (Lipinski definition) is 4. The Morgan fingerprint density at radius 3 is 2.89 bits per heavy atom. The zero-order valence-electron chi connectivity index (χ0n) is 14.4. The van der Waals surface area contributed by atoms with Crippen LogP contribution < -0.4 is 10.2 Å². The molecule has 0 radical (unpaired) electrons. The van der Waals surface area contributed by atoms with Crippen molar-refractivity contribution in [3.8, 4) is 0 Å². The van der Waals surface area contributed by atoms with E-state index >= 15 is 0 Å². The van der Waals surface area contributed by atoms with E-state index in [1.807, 2.05) is 0 Å². The van der Waals surface area contributed by atoms with Crippen LogP contribution in [0.5, 0.6) is 0 Å². The molecule has 0 saturated heterocycles. The number of fused-ring (bicyclic) bond motifs is 1. The summed E-state index contributed by atoms with van der Waals surface area (Å²) in [4.78, 5) is 21.6. The summed E-state index contributed by atoms with van der Waals surface area (Å²) >= 11 is 0. The Balaban J connectivity index is 2.01. The lowest BCUT2D eigenvalue weighted by Crippen LogP contribution is -2.22. The van der Waals surface area contributed by atoms with Gasteiger partial charge in [0.25, 0.3) is 0 Å². The second-order valence-electron chi connectivity index (χ2n) is 5.74. The number of hydrogen-bond donors (Lipinski definition) is 1. The average Bonchev–Trinajstić information content (AvgIpc) is 3.12. The van der Waals surface area contributed by atoms with Gasteiger partial charge in [0.15, 0.2) is 11.5 Å². The maximum absolute atomic E-state index is 13.0. The van der Waals surface area contributed by atoms with Gasteiger partial charge in [-0.2, -0.15) is 13.2 Å². The van der Waals surface area contributed by atoms with Gasteiger partial charge in [0.1, 0.15) is 0 Å². The van der Waals surface area contributed by atoms with Crippen LogP contribution in [0.4, 0.5) is 24.7 Å². The predicted molar refractivity (Wildman–Crippen MR) is 94.5 cm³/mol. The second-order valence-corrected chi connectivity index (χ2v) is 5.74. The van der Waals surface area contributed by atoms with Gasteiger partial charge in [-0.05, 0) is 24.3 Å². The Morgan fingerprint density at radius 1 is 1.41 bits per heavy atom. The SMILES string of the molecule is C=CC(=O)NCc1cn2ccnc2c(N(C)c2cccc(C(F)(F)F)c2)n1. The minimum absolute atomic E-state index is 0.141. The third-order valence-corrected chi connectivity index (χ3v) is 3.91. The highest BCUT2D eigenvalue weighted by Gasteiger charge is 2.31. The van der Waals surface area contributed by atoms with Crippen LogP contribution in [-0.4, -0.2) is 27.3 Å². The largest absolute Gasteiger partial charge is 0.416 e. The number of aromatic nitrogens is 3. The second kappa shape index (κ2) is 7.10. The Morgan fingerprint density at radius 2 is 2.19 bits per heavy atom.